The minimum absolute atomic E-state index is 0.0642. The molecule has 1 aliphatic heterocycles. The predicted molar refractivity (Wildman–Crippen MR) is 65.1 cm³/mol. The number of aliphatic carboxylic acids is 1. The van der Waals surface area contributed by atoms with Crippen molar-refractivity contribution in [1.29, 1.82) is 0 Å². The highest BCUT2D eigenvalue weighted by molar-refractivity contribution is 5.81. The molecule has 0 aromatic carbocycles. The number of nitrogens with zero attached hydrogens (tertiary/aromatic N) is 1. The molecule has 0 radical (unpaired) electrons. The summed E-state index contributed by atoms with van der Waals surface area (Å²) in [6, 6.07) is 0. The molecule has 2 fully saturated rings. The van der Waals surface area contributed by atoms with Crippen LogP contribution in [0.2, 0.25) is 0 Å². The predicted octanol–water partition coefficient (Wildman–Crippen LogP) is 1.12. The average Bonchev–Trinajstić information content (AvgIpc) is 2.75. The van der Waals surface area contributed by atoms with Crippen LogP contribution in [0.25, 0.3) is 0 Å². The summed E-state index contributed by atoms with van der Waals surface area (Å²) in [5.41, 5.74) is 0. The van der Waals surface area contributed by atoms with Gasteiger partial charge in [-0.3, -0.25) is 9.59 Å². The van der Waals surface area contributed by atoms with E-state index in [-0.39, 0.29) is 30.0 Å². The van der Waals surface area contributed by atoms with E-state index in [9.17, 15) is 9.59 Å². The maximum absolute atomic E-state index is 12.3. The molecule has 0 aromatic rings. The topological polar surface area (TPSA) is 66.8 Å². The van der Waals surface area contributed by atoms with Gasteiger partial charge in [-0.1, -0.05) is 0 Å². The first-order valence-corrected chi connectivity index (χ1v) is 6.64. The van der Waals surface area contributed by atoms with Crippen LogP contribution >= 0.6 is 0 Å². The Morgan fingerprint density at radius 1 is 1.11 bits per heavy atom. The van der Waals surface area contributed by atoms with Crippen LogP contribution in [0.3, 0.4) is 0 Å². The number of hydrogen-bond acceptors (Lipinski definition) is 3. The fraction of sp³-hybridized carbons (Fsp3) is 0.846. The van der Waals surface area contributed by atoms with Gasteiger partial charge in [-0.2, -0.15) is 0 Å². The number of carboxylic acids is 1. The number of ether oxygens (including phenoxy) is 1. The van der Waals surface area contributed by atoms with Crippen molar-refractivity contribution < 1.29 is 19.4 Å². The minimum Gasteiger partial charge on any atom is -0.481 e. The molecule has 1 heterocycles. The van der Waals surface area contributed by atoms with E-state index in [2.05, 4.69) is 0 Å². The van der Waals surface area contributed by atoms with E-state index in [4.69, 9.17) is 9.84 Å². The molecule has 1 amide bonds. The lowest BCUT2D eigenvalue weighted by Gasteiger charge is -2.36. The lowest BCUT2D eigenvalue weighted by molar-refractivity contribution is -0.147. The van der Waals surface area contributed by atoms with E-state index >= 15 is 0 Å². The van der Waals surface area contributed by atoms with Crippen molar-refractivity contribution in [3.8, 4) is 0 Å². The van der Waals surface area contributed by atoms with Gasteiger partial charge in [-0.25, -0.2) is 0 Å². The van der Waals surface area contributed by atoms with Crippen LogP contribution in [0.1, 0.15) is 33.1 Å². The number of rotatable bonds is 2. The van der Waals surface area contributed by atoms with Crippen molar-refractivity contribution >= 4 is 11.9 Å². The Morgan fingerprint density at radius 3 is 2.17 bits per heavy atom. The highest BCUT2D eigenvalue weighted by Crippen LogP contribution is 2.32. The fourth-order valence-electron chi connectivity index (χ4n) is 3.05. The van der Waals surface area contributed by atoms with Gasteiger partial charge < -0.3 is 14.7 Å². The molecule has 18 heavy (non-hydrogen) atoms. The van der Waals surface area contributed by atoms with Crippen molar-refractivity contribution in [2.24, 2.45) is 11.8 Å². The van der Waals surface area contributed by atoms with Crippen molar-refractivity contribution in [3.63, 3.8) is 0 Å². The zero-order chi connectivity index (χ0) is 13.3. The van der Waals surface area contributed by atoms with Crippen molar-refractivity contribution in [2.75, 3.05) is 13.1 Å². The van der Waals surface area contributed by atoms with Crippen LogP contribution in [0.5, 0.6) is 0 Å². The maximum Gasteiger partial charge on any atom is 0.306 e. The van der Waals surface area contributed by atoms with Crippen LogP contribution in [0, 0.1) is 11.8 Å². The average molecular weight is 255 g/mol. The molecule has 0 spiro atoms. The second-order valence-electron chi connectivity index (χ2n) is 5.55. The van der Waals surface area contributed by atoms with Gasteiger partial charge in [0, 0.05) is 19.0 Å². The van der Waals surface area contributed by atoms with Gasteiger partial charge in [0.25, 0.3) is 0 Å². The number of morpholine rings is 1. The third kappa shape index (κ3) is 2.83. The molecule has 0 unspecified atom stereocenters. The van der Waals surface area contributed by atoms with Gasteiger partial charge in [-0.15, -0.1) is 0 Å². The van der Waals surface area contributed by atoms with Gasteiger partial charge in [0.15, 0.2) is 0 Å². The fourth-order valence-corrected chi connectivity index (χ4v) is 3.05. The van der Waals surface area contributed by atoms with Crippen molar-refractivity contribution in [3.05, 3.63) is 0 Å². The number of carbonyl (C=O) groups excluding carboxylic acids is 1. The maximum atomic E-state index is 12.3. The first-order chi connectivity index (χ1) is 8.47. The van der Waals surface area contributed by atoms with Crippen molar-refractivity contribution in [2.45, 2.75) is 45.3 Å². The normalized spacial score (nSPS) is 36.7. The smallest absolute Gasteiger partial charge is 0.306 e. The third-order valence-electron chi connectivity index (χ3n) is 3.86. The molecule has 1 N–H and O–H groups in total. The Hall–Kier alpha value is -1.10. The number of amides is 1. The van der Waals surface area contributed by atoms with E-state index in [0.29, 0.717) is 32.4 Å². The van der Waals surface area contributed by atoms with Gasteiger partial charge in [0.2, 0.25) is 5.91 Å². The van der Waals surface area contributed by atoms with Gasteiger partial charge >= 0.3 is 5.97 Å². The van der Waals surface area contributed by atoms with Gasteiger partial charge in [-0.05, 0) is 33.1 Å². The molecule has 0 bridgehead atoms. The Kier molecular flexibility index (Phi) is 3.90. The first kappa shape index (κ1) is 13.3. The molecule has 0 aromatic heterocycles. The van der Waals surface area contributed by atoms with Crippen molar-refractivity contribution in [1.82, 2.24) is 4.90 Å². The van der Waals surface area contributed by atoms with Crippen LogP contribution in [-0.4, -0.2) is 47.2 Å². The molecule has 1 saturated heterocycles. The summed E-state index contributed by atoms with van der Waals surface area (Å²) in [5, 5.41) is 8.96. The highest BCUT2D eigenvalue weighted by Gasteiger charge is 2.37. The largest absolute Gasteiger partial charge is 0.481 e. The molecule has 1 aliphatic carbocycles. The Morgan fingerprint density at radius 2 is 1.67 bits per heavy atom. The zero-order valence-corrected chi connectivity index (χ0v) is 11.0. The first-order valence-electron chi connectivity index (χ1n) is 6.64. The molecule has 2 aliphatic rings. The monoisotopic (exact) mass is 255 g/mol. The molecule has 1 saturated carbocycles. The summed E-state index contributed by atoms with van der Waals surface area (Å²) in [7, 11) is 0. The second-order valence-corrected chi connectivity index (χ2v) is 5.55. The lowest BCUT2D eigenvalue weighted by Crippen LogP contribution is -2.49. The van der Waals surface area contributed by atoms with Crippen LogP contribution in [0.4, 0.5) is 0 Å². The summed E-state index contributed by atoms with van der Waals surface area (Å²) in [6.07, 6.45) is 1.95. The van der Waals surface area contributed by atoms with E-state index in [1.165, 1.54) is 0 Å². The van der Waals surface area contributed by atoms with Gasteiger partial charge in [0.05, 0.1) is 18.1 Å². The third-order valence-corrected chi connectivity index (χ3v) is 3.86. The van der Waals surface area contributed by atoms with Crippen LogP contribution < -0.4 is 0 Å². The van der Waals surface area contributed by atoms with E-state index < -0.39 is 5.97 Å². The number of carbonyl (C=O) groups is 2. The molecule has 5 heteroatoms. The minimum atomic E-state index is -0.769. The van der Waals surface area contributed by atoms with Gasteiger partial charge in [0.1, 0.15) is 0 Å². The number of carboxylic acid groups (broad SMARTS) is 1. The Labute approximate surface area is 107 Å². The Bertz CT molecular complexity index is 334. The number of hydrogen-bond donors (Lipinski definition) is 1. The van der Waals surface area contributed by atoms with E-state index in [1.807, 2.05) is 18.7 Å². The van der Waals surface area contributed by atoms with Crippen LogP contribution in [0.15, 0.2) is 0 Å². The standard InChI is InChI=1S/C13H21NO4/c1-8-6-14(7-9(2)18-8)12(15)10-3-4-11(5-10)13(16)17/h8-11H,3-7H2,1-2H3,(H,16,17)/t8-,9+,10-,11+/m1/s1. The van der Waals surface area contributed by atoms with E-state index in [0.717, 1.165) is 0 Å². The quantitative estimate of drug-likeness (QED) is 0.803. The zero-order valence-electron chi connectivity index (χ0n) is 11.0. The summed E-state index contributed by atoms with van der Waals surface area (Å²) in [4.78, 5) is 25.1. The summed E-state index contributed by atoms with van der Waals surface area (Å²) >= 11 is 0. The Balaban J connectivity index is 1.93. The lowest BCUT2D eigenvalue weighted by atomic mass is 10.0. The molecule has 4 atom stereocenters. The summed E-state index contributed by atoms with van der Waals surface area (Å²) in [5.74, 6) is -1.10. The molecule has 2 rings (SSSR count). The molecular formula is C13H21NO4. The van der Waals surface area contributed by atoms with E-state index in [1.54, 1.807) is 0 Å². The van der Waals surface area contributed by atoms with Crippen LogP contribution in [-0.2, 0) is 14.3 Å². The molecule has 102 valence electrons. The molecular weight excluding hydrogens is 234 g/mol. The highest BCUT2D eigenvalue weighted by atomic mass is 16.5. The summed E-state index contributed by atoms with van der Waals surface area (Å²) in [6.45, 7) is 5.17. The summed E-state index contributed by atoms with van der Waals surface area (Å²) < 4.78 is 5.60. The second kappa shape index (κ2) is 5.26. The SMILES string of the molecule is C[C@@H]1CN(C(=O)[C@@H]2CC[C@H](C(=O)O)C2)C[C@H](C)O1. The molecule has 5 nitrogen and oxygen atoms in total.